The Balaban J connectivity index is 2.20. The van der Waals surface area contributed by atoms with Gasteiger partial charge in [-0.15, -0.1) is 0 Å². The van der Waals surface area contributed by atoms with Crippen molar-refractivity contribution in [2.24, 2.45) is 0 Å². The van der Waals surface area contributed by atoms with E-state index in [-0.39, 0.29) is 5.82 Å². The van der Waals surface area contributed by atoms with Gasteiger partial charge in [0.25, 0.3) is 0 Å². The second-order valence-corrected chi connectivity index (χ2v) is 3.87. The summed E-state index contributed by atoms with van der Waals surface area (Å²) in [7, 11) is 0. The summed E-state index contributed by atoms with van der Waals surface area (Å²) in [6, 6.07) is 13.1. The first-order chi connectivity index (χ1) is 8.75. The van der Waals surface area contributed by atoms with Crippen LogP contribution >= 0.6 is 0 Å². The predicted molar refractivity (Wildman–Crippen MR) is 67.7 cm³/mol. The van der Waals surface area contributed by atoms with Crippen LogP contribution in [0, 0.1) is 10.1 Å². The lowest BCUT2D eigenvalue weighted by Crippen LogP contribution is -1.96. The Bertz CT molecular complexity index is 734. The lowest BCUT2D eigenvalue weighted by Gasteiger charge is -2.04. The van der Waals surface area contributed by atoms with Gasteiger partial charge in [-0.2, -0.15) is 0 Å². The molecule has 1 aromatic carbocycles. The number of para-hydroxylation sites is 1. The third-order valence-electron chi connectivity index (χ3n) is 2.79. The normalized spacial score (nSPS) is 10.7. The SMILES string of the molecule is O=[N+]([O-])c1cc(-n2ccc3ccccc32)ccn1. The van der Waals surface area contributed by atoms with Crippen LogP contribution in [0.1, 0.15) is 0 Å². The molecule has 5 nitrogen and oxygen atoms in total. The van der Waals surface area contributed by atoms with Crippen LogP contribution in [0.4, 0.5) is 5.82 Å². The van der Waals surface area contributed by atoms with Gasteiger partial charge in [0.15, 0.2) is 0 Å². The van der Waals surface area contributed by atoms with E-state index in [2.05, 4.69) is 4.98 Å². The molecule has 0 atom stereocenters. The average molecular weight is 239 g/mol. The Hall–Kier alpha value is -2.69. The summed E-state index contributed by atoms with van der Waals surface area (Å²) in [6.45, 7) is 0. The average Bonchev–Trinajstić information content (AvgIpc) is 2.82. The number of benzene rings is 1. The molecule has 0 spiro atoms. The minimum atomic E-state index is -0.491. The molecule has 2 heterocycles. The van der Waals surface area contributed by atoms with Gasteiger partial charge in [0.2, 0.25) is 0 Å². The Morgan fingerprint density at radius 1 is 1.17 bits per heavy atom. The number of nitro groups is 1. The summed E-state index contributed by atoms with van der Waals surface area (Å²) >= 11 is 0. The Kier molecular flexibility index (Phi) is 2.30. The van der Waals surface area contributed by atoms with Gasteiger partial charge in [-0.1, -0.05) is 18.2 Å². The predicted octanol–water partition coefficient (Wildman–Crippen LogP) is 2.93. The number of hydrogen-bond donors (Lipinski definition) is 0. The van der Waals surface area contributed by atoms with E-state index in [0.29, 0.717) is 0 Å². The molecule has 18 heavy (non-hydrogen) atoms. The maximum Gasteiger partial charge on any atom is 0.365 e. The molecule has 0 unspecified atom stereocenters. The number of nitrogens with zero attached hydrogens (tertiary/aromatic N) is 3. The van der Waals surface area contributed by atoms with Crippen molar-refractivity contribution in [3.8, 4) is 5.69 Å². The maximum atomic E-state index is 10.7. The summed E-state index contributed by atoms with van der Waals surface area (Å²) in [5, 5.41) is 11.8. The molecule has 0 radical (unpaired) electrons. The fourth-order valence-corrected chi connectivity index (χ4v) is 1.97. The van der Waals surface area contributed by atoms with Crippen LogP contribution in [-0.2, 0) is 0 Å². The molecule has 0 N–H and O–H groups in total. The Morgan fingerprint density at radius 2 is 2.00 bits per heavy atom. The molecule has 3 rings (SSSR count). The molecule has 3 aromatic rings. The van der Waals surface area contributed by atoms with Crippen LogP contribution in [0.25, 0.3) is 16.6 Å². The molecule has 88 valence electrons. The molecule has 5 heteroatoms. The van der Waals surface area contributed by atoms with Crippen LogP contribution in [0.3, 0.4) is 0 Å². The summed E-state index contributed by atoms with van der Waals surface area (Å²) < 4.78 is 1.91. The zero-order chi connectivity index (χ0) is 12.5. The molecule has 0 aliphatic rings. The zero-order valence-corrected chi connectivity index (χ0v) is 9.35. The second kappa shape index (κ2) is 3.96. The molecule has 0 saturated carbocycles. The lowest BCUT2D eigenvalue weighted by atomic mass is 10.2. The molecule has 0 amide bonds. The van der Waals surface area contributed by atoms with Crippen molar-refractivity contribution in [1.82, 2.24) is 9.55 Å². The highest BCUT2D eigenvalue weighted by atomic mass is 16.6. The van der Waals surface area contributed by atoms with Crippen molar-refractivity contribution in [3.63, 3.8) is 0 Å². The highest BCUT2D eigenvalue weighted by Crippen LogP contribution is 2.21. The van der Waals surface area contributed by atoms with E-state index >= 15 is 0 Å². The van der Waals surface area contributed by atoms with Crippen molar-refractivity contribution >= 4 is 16.7 Å². The Morgan fingerprint density at radius 3 is 2.83 bits per heavy atom. The van der Waals surface area contributed by atoms with E-state index in [1.54, 1.807) is 6.07 Å². The summed E-state index contributed by atoms with van der Waals surface area (Å²) in [5.41, 5.74) is 1.75. The first kappa shape index (κ1) is 10.5. The smallest absolute Gasteiger partial charge is 0.358 e. The quantitative estimate of drug-likeness (QED) is 0.510. The van der Waals surface area contributed by atoms with Crippen molar-refractivity contribution in [1.29, 1.82) is 0 Å². The van der Waals surface area contributed by atoms with Crippen molar-refractivity contribution in [2.75, 3.05) is 0 Å². The number of hydrogen-bond acceptors (Lipinski definition) is 3. The number of rotatable bonds is 2. The van der Waals surface area contributed by atoms with E-state index < -0.39 is 4.92 Å². The largest absolute Gasteiger partial charge is 0.365 e. The van der Waals surface area contributed by atoms with Crippen LogP contribution in [0.15, 0.2) is 54.9 Å². The third-order valence-corrected chi connectivity index (χ3v) is 2.79. The summed E-state index contributed by atoms with van der Waals surface area (Å²) in [5.74, 6) is -0.148. The van der Waals surface area contributed by atoms with E-state index in [4.69, 9.17) is 0 Å². The molecule has 0 aliphatic carbocycles. The van der Waals surface area contributed by atoms with Gasteiger partial charge < -0.3 is 14.7 Å². The fourth-order valence-electron chi connectivity index (χ4n) is 1.97. The highest BCUT2D eigenvalue weighted by molar-refractivity contribution is 5.81. The number of aromatic nitrogens is 2. The monoisotopic (exact) mass is 239 g/mol. The molecule has 0 aliphatic heterocycles. The van der Waals surface area contributed by atoms with E-state index in [1.807, 2.05) is 41.1 Å². The number of fused-ring (bicyclic) bond motifs is 1. The van der Waals surface area contributed by atoms with Crippen LogP contribution in [0.2, 0.25) is 0 Å². The van der Waals surface area contributed by atoms with Crippen LogP contribution in [-0.4, -0.2) is 14.5 Å². The van der Waals surface area contributed by atoms with E-state index in [0.717, 1.165) is 16.6 Å². The van der Waals surface area contributed by atoms with Crippen LogP contribution < -0.4 is 0 Å². The number of pyridine rings is 1. The minimum absolute atomic E-state index is 0.148. The molecule has 2 aromatic heterocycles. The van der Waals surface area contributed by atoms with Gasteiger partial charge in [-0.05, 0) is 27.4 Å². The van der Waals surface area contributed by atoms with Crippen molar-refractivity contribution < 1.29 is 4.92 Å². The first-order valence-corrected chi connectivity index (χ1v) is 5.42. The van der Waals surface area contributed by atoms with Crippen LogP contribution in [0.5, 0.6) is 0 Å². The molecular weight excluding hydrogens is 230 g/mol. The molecule has 0 fully saturated rings. The van der Waals surface area contributed by atoms with Gasteiger partial charge in [0.05, 0.1) is 17.3 Å². The summed E-state index contributed by atoms with van der Waals surface area (Å²) in [6.07, 6.45) is 3.34. The van der Waals surface area contributed by atoms with E-state index in [1.165, 1.54) is 12.3 Å². The molecule has 0 bridgehead atoms. The zero-order valence-electron chi connectivity index (χ0n) is 9.35. The van der Waals surface area contributed by atoms with Gasteiger partial charge >= 0.3 is 5.82 Å². The minimum Gasteiger partial charge on any atom is -0.358 e. The third kappa shape index (κ3) is 1.62. The standard InChI is InChI=1S/C13H9N3O2/c17-16(18)13-9-11(5-7-14-13)15-8-6-10-3-1-2-4-12(10)15/h1-9H. The molecule has 0 saturated heterocycles. The van der Waals surface area contributed by atoms with Crippen molar-refractivity contribution in [2.45, 2.75) is 0 Å². The topological polar surface area (TPSA) is 61.0 Å². The molecular formula is C13H9N3O2. The van der Waals surface area contributed by atoms with Crippen molar-refractivity contribution in [3.05, 3.63) is 65.0 Å². The lowest BCUT2D eigenvalue weighted by molar-refractivity contribution is -0.389. The van der Waals surface area contributed by atoms with Gasteiger partial charge in [0, 0.05) is 12.3 Å². The van der Waals surface area contributed by atoms with Gasteiger partial charge in [0.1, 0.15) is 6.20 Å². The fraction of sp³-hybridized carbons (Fsp3) is 0. The van der Waals surface area contributed by atoms with E-state index in [9.17, 15) is 10.1 Å². The van der Waals surface area contributed by atoms with Gasteiger partial charge in [-0.25, -0.2) is 0 Å². The first-order valence-electron chi connectivity index (χ1n) is 5.42. The Labute approximate surface area is 102 Å². The highest BCUT2D eigenvalue weighted by Gasteiger charge is 2.09. The van der Waals surface area contributed by atoms with Gasteiger partial charge in [-0.3, -0.25) is 0 Å². The maximum absolute atomic E-state index is 10.7. The second-order valence-electron chi connectivity index (χ2n) is 3.87. The summed E-state index contributed by atoms with van der Waals surface area (Å²) in [4.78, 5) is 13.9.